The molecule has 0 aromatic heterocycles. The molecule has 0 bridgehead atoms. The monoisotopic (exact) mass is 453 g/mol. The maximum atomic E-state index is 13.2. The van der Waals surface area contributed by atoms with E-state index in [-0.39, 0.29) is 12.7 Å². The standard InChI is InChI=1S/C27H35NO5/c1-9-32-25(29)24(33-27(5,6)7)23-18(4)21-15-28(26(30)31-8)14-20(21)17(3)22(23)19-12-10-16(2)11-13-19/h10-13,24H,9,14-15H2,1-8H3. The van der Waals surface area contributed by atoms with Gasteiger partial charge in [-0.3, -0.25) is 4.90 Å². The average Bonchev–Trinajstić information content (AvgIpc) is 3.21. The Labute approximate surface area is 196 Å². The zero-order valence-corrected chi connectivity index (χ0v) is 21.0. The average molecular weight is 454 g/mol. The van der Waals surface area contributed by atoms with E-state index in [9.17, 15) is 9.59 Å². The molecule has 1 heterocycles. The third-order valence-corrected chi connectivity index (χ3v) is 6.02. The van der Waals surface area contributed by atoms with Gasteiger partial charge in [0.1, 0.15) is 0 Å². The second-order valence-electron chi connectivity index (χ2n) is 9.55. The highest BCUT2D eigenvalue weighted by Crippen LogP contribution is 2.44. The van der Waals surface area contributed by atoms with E-state index in [1.807, 2.05) is 34.6 Å². The molecule has 33 heavy (non-hydrogen) atoms. The van der Waals surface area contributed by atoms with Crippen LogP contribution in [0.15, 0.2) is 24.3 Å². The van der Waals surface area contributed by atoms with E-state index >= 15 is 0 Å². The van der Waals surface area contributed by atoms with Gasteiger partial charge in [0.05, 0.1) is 19.3 Å². The fourth-order valence-corrected chi connectivity index (χ4v) is 4.50. The summed E-state index contributed by atoms with van der Waals surface area (Å²) in [4.78, 5) is 27.2. The summed E-state index contributed by atoms with van der Waals surface area (Å²) in [6.45, 7) is 14.9. The Bertz CT molecular complexity index is 1050. The van der Waals surface area contributed by atoms with Crippen molar-refractivity contribution in [3.63, 3.8) is 0 Å². The number of hydrogen-bond donors (Lipinski definition) is 0. The van der Waals surface area contributed by atoms with Crippen molar-refractivity contribution in [2.75, 3.05) is 13.7 Å². The Hall–Kier alpha value is -2.86. The summed E-state index contributed by atoms with van der Waals surface area (Å²) in [6.07, 6.45) is -1.26. The van der Waals surface area contributed by atoms with E-state index in [1.54, 1.807) is 11.8 Å². The van der Waals surface area contributed by atoms with Gasteiger partial charge in [-0.25, -0.2) is 9.59 Å². The van der Waals surface area contributed by atoms with Crippen LogP contribution in [0.5, 0.6) is 0 Å². The number of benzene rings is 2. The molecule has 1 aliphatic heterocycles. The molecule has 0 aliphatic carbocycles. The van der Waals surface area contributed by atoms with Crippen molar-refractivity contribution in [1.29, 1.82) is 0 Å². The lowest BCUT2D eigenvalue weighted by atomic mass is 9.83. The number of nitrogens with zero attached hydrogens (tertiary/aromatic N) is 1. The van der Waals surface area contributed by atoms with Crippen LogP contribution in [0.3, 0.4) is 0 Å². The minimum atomic E-state index is -0.891. The van der Waals surface area contributed by atoms with Crippen LogP contribution in [0.4, 0.5) is 4.79 Å². The van der Waals surface area contributed by atoms with Crippen LogP contribution in [0.2, 0.25) is 0 Å². The lowest BCUT2D eigenvalue weighted by Crippen LogP contribution is -2.30. The lowest BCUT2D eigenvalue weighted by Gasteiger charge is -2.30. The molecule has 2 aromatic carbocycles. The molecule has 0 saturated heterocycles. The molecule has 0 radical (unpaired) electrons. The number of fused-ring (bicyclic) bond motifs is 1. The Morgan fingerprint density at radius 1 is 1.00 bits per heavy atom. The van der Waals surface area contributed by atoms with Gasteiger partial charge in [0.15, 0.2) is 6.10 Å². The van der Waals surface area contributed by atoms with Gasteiger partial charge < -0.3 is 14.2 Å². The Balaban J connectivity index is 2.31. The number of esters is 1. The molecule has 1 aliphatic rings. The molecule has 0 N–H and O–H groups in total. The van der Waals surface area contributed by atoms with E-state index in [2.05, 4.69) is 31.2 Å². The van der Waals surface area contributed by atoms with Crippen molar-refractivity contribution in [2.45, 2.75) is 73.3 Å². The summed E-state index contributed by atoms with van der Waals surface area (Å²) in [5.74, 6) is -0.411. The van der Waals surface area contributed by atoms with Crippen LogP contribution >= 0.6 is 0 Å². The van der Waals surface area contributed by atoms with E-state index < -0.39 is 17.7 Å². The van der Waals surface area contributed by atoms with Crippen LogP contribution in [-0.2, 0) is 32.1 Å². The number of amides is 1. The quantitative estimate of drug-likeness (QED) is 0.537. The maximum Gasteiger partial charge on any atom is 0.410 e. The Morgan fingerprint density at radius 3 is 2.09 bits per heavy atom. The van der Waals surface area contributed by atoms with Crippen LogP contribution in [0, 0.1) is 20.8 Å². The predicted molar refractivity (Wildman–Crippen MR) is 128 cm³/mol. The SMILES string of the molecule is CCOC(=O)C(OC(C)(C)C)c1c(C)c2c(c(C)c1-c1ccc(C)cc1)CN(C(=O)OC)C2. The number of carbonyl (C=O) groups excluding carboxylic acids is 2. The number of carbonyl (C=O) groups is 2. The van der Waals surface area contributed by atoms with E-state index in [0.717, 1.165) is 44.5 Å². The van der Waals surface area contributed by atoms with Crippen LogP contribution < -0.4 is 0 Å². The first-order chi connectivity index (χ1) is 15.5. The number of methoxy groups -OCH3 is 1. The first-order valence-corrected chi connectivity index (χ1v) is 11.4. The zero-order valence-electron chi connectivity index (χ0n) is 21.0. The molecule has 2 aromatic rings. The highest BCUT2D eigenvalue weighted by atomic mass is 16.6. The maximum absolute atomic E-state index is 13.2. The summed E-state index contributed by atoms with van der Waals surface area (Å²) >= 11 is 0. The van der Waals surface area contributed by atoms with Crippen molar-refractivity contribution < 1.29 is 23.8 Å². The molecular weight excluding hydrogens is 418 g/mol. The number of rotatable bonds is 5. The molecule has 6 nitrogen and oxygen atoms in total. The van der Waals surface area contributed by atoms with E-state index in [1.165, 1.54) is 7.11 Å². The molecule has 3 rings (SSSR count). The summed E-state index contributed by atoms with van der Waals surface area (Å²) in [7, 11) is 1.39. The van der Waals surface area contributed by atoms with Gasteiger partial charge in [0, 0.05) is 18.7 Å². The first-order valence-electron chi connectivity index (χ1n) is 11.4. The fraction of sp³-hybridized carbons (Fsp3) is 0.481. The highest BCUT2D eigenvalue weighted by Gasteiger charge is 2.37. The molecule has 1 atom stereocenters. The first kappa shape index (κ1) is 24.8. The van der Waals surface area contributed by atoms with Crippen LogP contribution in [0.1, 0.15) is 67.2 Å². The van der Waals surface area contributed by atoms with E-state index in [4.69, 9.17) is 14.2 Å². The molecule has 1 amide bonds. The van der Waals surface area contributed by atoms with Crippen molar-refractivity contribution in [3.05, 3.63) is 57.6 Å². The molecular formula is C27H35NO5. The van der Waals surface area contributed by atoms with Gasteiger partial charge in [-0.15, -0.1) is 0 Å². The van der Waals surface area contributed by atoms with Gasteiger partial charge >= 0.3 is 12.1 Å². The van der Waals surface area contributed by atoms with Crippen molar-refractivity contribution >= 4 is 12.1 Å². The van der Waals surface area contributed by atoms with Crippen LogP contribution in [0.25, 0.3) is 11.1 Å². The largest absolute Gasteiger partial charge is 0.464 e. The van der Waals surface area contributed by atoms with E-state index in [0.29, 0.717) is 13.1 Å². The Kier molecular flexibility index (Phi) is 7.17. The number of ether oxygens (including phenoxy) is 3. The summed E-state index contributed by atoms with van der Waals surface area (Å²) in [5.41, 5.74) is 7.46. The topological polar surface area (TPSA) is 65.1 Å². The summed E-state index contributed by atoms with van der Waals surface area (Å²) in [5, 5.41) is 0. The smallest absolute Gasteiger partial charge is 0.410 e. The lowest BCUT2D eigenvalue weighted by molar-refractivity contribution is -0.166. The minimum absolute atomic E-state index is 0.266. The molecule has 0 saturated carbocycles. The predicted octanol–water partition coefficient (Wildman–Crippen LogP) is 5.78. The van der Waals surface area contributed by atoms with Crippen LogP contribution in [-0.4, -0.2) is 36.3 Å². The Morgan fingerprint density at radius 2 is 1.58 bits per heavy atom. The van der Waals surface area contributed by atoms with Gasteiger partial charge in [0.25, 0.3) is 0 Å². The highest BCUT2D eigenvalue weighted by molar-refractivity contribution is 5.85. The number of hydrogen-bond acceptors (Lipinski definition) is 5. The van der Waals surface area contributed by atoms with Crippen molar-refractivity contribution in [3.8, 4) is 11.1 Å². The molecule has 0 spiro atoms. The molecule has 0 fully saturated rings. The molecule has 1 unspecified atom stereocenters. The zero-order chi connectivity index (χ0) is 24.5. The second kappa shape index (κ2) is 9.56. The number of aryl methyl sites for hydroxylation is 1. The molecule has 178 valence electrons. The third-order valence-electron chi connectivity index (χ3n) is 6.02. The van der Waals surface area contributed by atoms with Gasteiger partial charge in [-0.05, 0) is 81.8 Å². The van der Waals surface area contributed by atoms with Crippen molar-refractivity contribution in [1.82, 2.24) is 4.90 Å². The van der Waals surface area contributed by atoms with Gasteiger partial charge in [-0.2, -0.15) is 0 Å². The van der Waals surface area contributed by atoms with Crippen molar-refractivity contribution in [2.24, 2.45) is 0 Å². The second-order valence-corrected chi connectivity index (χ2v) is 9.55. The minimum Gasteiger partial charge on any atom is -0.464 e. The summed E-state index contributed by atoms with van der Waals surface area (Å²) < 4.78 is 16.8. The summed E-state index contributed by atoms with van der Waals surface area (Å²) in [6, 6.07) is 8.26. The molecule has 6 heteroatoms. The van der Waals surface area contributed by atoms with Gasteiger partial charge in [-0.1, -0.05) is 29.8 Å². The fourth-order valence-electron chi connectivity index (χ4n) is 4.50. The van der Waals surface area contributed by atoms with Gasteiger partial charge in [0.2, 0.25) is 0 Å². The third kappa shape index (κ3) is 5.06. The normalized spacial score (nSPS) is 14.1.